The summed E-state index contributed by atoms with van der Waals surface area (Å²) in [6.07, 6.45) is 0.740. The summed E-state index contributed by atoms with van der Waals surface area (Å²) >= 11 is 3.53. The highest BCUT2D eigenvalue weighted by molar-refractivity contribution is 9.10. The van der Waals surface area contributed by atoms with Crippen molar-refractivity contribution in [2.45, 2.75) is 33.2 Å². The first-order valence-corrected chi connectivity index (χ1v) is 8.74. The van der Waals surface area contributed by atoms with Crippen molar-refractivity contribution in [1.29, 1.82) is 0 Å². The van der Waals surface area contributed by atoms with E-state index < -0.39 is 0 Å². The number of likely N-dealkylation sites (N-methyl/N-ethyl adjacent to an activating group) is 1. The molecule has 0 saturated heterocycles. The fourth-order valence-corrected chi connectivity index (χ4v) is 3.20. The molecule has 0 spiro atoms. The van der Waals surface area contributed by atoms with Crippen molar-refractivity contribution in [2.75, 3.05) is 7.05 Å². The van der Waals surface area contributed by atoms with Gasteiger partial charge in [0.1, 0.15) is 0 Å². The summed E-state index contributed by atoms with van der Waals surface area (Å²) in [6, 6.07) is 10.6. The molecule has 0 aliphatic carbocycles. The van der Waals surface area contributed by atoms with Gasteiger partial charge in [0.2, 0.25) is 0 Å². The molecule has 0 radical (unpaired) electrons. The molecule has 1 N–H and O–H groups in total. The number of halogens is 2. The number of hydrogen-bond acceptors (Lipinski definition) is 4. The number of nitrogens with one attached hydrogen (secondary N) is 1. The molecule has 1 aromatic carbocycles. The number of aromatic nitrogens is 3. The first-order chi connectivity index (χ1) is 11.5. The van der Waals surface area contributed by atoms with Gasteiger partial charge in [0.05, 0.1) is 5.56 Å². The largest absolute Gasteiger partial charge is 0.334 e. The molecular weight excluding hydrogens is 404 g/mol. The zero-order valence-electron chi connectivity index (χ0n) is 14.7. The van der Waals surface area contributed by atoms with Gasteiger partial charge in [-0.2, -0.15) is 4.98 Å². The molecular formula is C18H22BrClN4O. The molecule has 3 rings (SSSR count). The van der Waals surface area contributed by atoms with Gasteiger partial charge in [-0.25, -0.2) is 0 Å². The maximum absolute atomic E-state index is 5.49. The minimum absolute atomic E-state index is 0. The molecule has 134 valence electrons. The second-order valence-corrected chi connectivity index (χ2v) is 6.93. The van der Waals surface area contributed by atoms with Crippen LogP contribution in [0.4, 0.5) is 0 Å². The van der Waals surface area contributed by atoms with Crippen molar-refractivity contribution in [3.8, 4) is 17.1 Å². The average molecular weight is 426 g/mol. The molecule has 5 nitrogen and oxygen atoms in total. The predicted octanol–water partition coefficient (Wildman–Crippen LogP) is 4.48. The van der Waals surface area contributed by atoms with Gasteiger partial charge in [0.15, 0.2) is 5.82 Å². The third-order valence-corrected chi connectivity index (χ3v) is 4.67. The van der Waals surface area contributed by atoms with Crippen LogP contribution in [0.15, 0.2) is 39.3 Å². The molecule has 2 heterocycles. The normalized spacial score (nSPS) is 12.0. The number of benzene rings is 1. The van der Waals surface area contributed by atoms with E-state index in [0.717, 1.165) is 39.4 Å². The van der Waals surface area contributed by atoms with Gasteiger partial charge >= 0.3 is 0 Å². The van der Waals surface area contributed by atoms with Gasteiger partial charge in [-0.3, -0.25) is 0 Å². The van der Waals surface area contributed by atoms with Gasteiger partial charge in [-0.1, -0.05) is 27.2 Å². The van der Waals surface area contributed by atoms with Crippen LogP contribution in [-0.2, 0) is 6.42 Å². The quantitative estimate of drug-likeness (QED) is 0.655. The Morgan fingerprint density at radius 3 is 2.72 bits per heavy atom. The molecule has 3 aromatic rings. The van der Waals surface area contributed by atoms with Crippen molar-refractivity contribution in [3.63, 3.8) is 0 Å². The number of rotatable bonds is 5. The smallest absolute Gasteiger partial charge is 0.259 e. The topological polar surface area (TPSA) is 55.9 Å². The van der Waals surface area contributed by atoms with Gasteiger partial charge in [0.25, 0.3) is 5.89 Å². The van der Waals surface area contributed by atoms with Gasteiger partial charge in [-0.15, -0.1) is 12.4 Å². The molecule has 0 fully saturated rings. The van der Waals surface area contributed by atoms with Crippen molar-refractivity contribution >= 4 is 28.3 Å². The summed E-state index contributed by atoms with van der Waals surface area (Å²) in [7, 11) is 1.93. The molecule has 7 heteroatoms. The molecule has 0 saturated carbocycles. The van der Waals surface area contributed by atoms with Gasteiger partial charge in [0, 0.05) is 34.0 Å². The molecule has 0 bridgehead atoms. The number of aryl methyl sites for hydroxylation is 1. The molecule has 1 unspecified atom stereocenters. The van der Waals surface area contributed by atoms with Gasteiger partial charge in [-0.05, 0) is 52.1 Å². The first-order valence-electron chi connectivity index (χ1n) is 7.94. The Kier molecular flexibility index (Phi) is 6.43. The third-order valence-electron chi connectivity index (χ3n) is 4.18. The van der Waals surface area contributed by atoms with E-state index in [1.807, 2.05) is 19.2 Å². The minimum atomic E-state index is 0. The van der Waals surface area contributed by atoms with Crippen LogP contribution in [0.3, 0.4) is 0 Å². The molecule has 2 aromatic heterocycles. The zero-order chi connectivity index (χ0) is 17.3. The summed E-state index contributed by atoms with van der Waals surface area (Å²) < 4.78 is 8.74. The molecule has 1 atom stereocenters. The Hall–Kier alpha value is -1.63. The van der Waals surface area contributed by atoms with Crippen molar-refractivity contribution < 1.29 is 4.52 Å². The maximum Gasteiger partial charge on any atom is 0.259 e. The predicted molar refractivity (Wildman–Crippen MR) is 106 cm³/mol. The highest BCUT2D eigenvalue weighted by Crippen LogP contribution is 2.29. The van der Waals surface area contributed by atoms with Crippen LogP contribution >= 0.6 is 28.3 Å². The van der Waals surface area contributed by atoms with Crippen LogP contribution in [-0.4, -0.2) is 27.8 Å². The van der Waals surface area contributed by atoms with E-state index >= 15 is 0 Å². The Labute approximate surface area is 162 Å². The van der Waals surface area contributed by atoms with Crippen molar-refractivity contribution in [3.05, 3.63) is 52.0 Å². The van der Waals surface area contributed by atoms with E-state index in [0.29, 0.717) is 11.9 Å². The summed E-state index contributed by atoms with van der Waals surface area (Å²) in [5.74, 6) is 1.29. The maximum atomic E-state index is 5.49. The lowest BCUT2D eigenvalue weighted by Gasteiger charge is -2.09. The second kappa shape index (κ2) is 8.17. The van der Waals surface area contributed by atoms with E-state index in [1.54, 1.807) is 0 Å². The van der Waals surface area contributed by atoms with Gasteiger partial charge < -0.3 is 14.4 Å². The van der Waals surface area contributed by atoms with Crippen LogP contribution < -0.4 is 5.32 Å². The summed E-state index contributed by atoms with van der Waals surface area (Å²) in [4.78, 5) is 4.55. The standard InChI is InChI=1S/C18H21BrN4O.ClH/c1-11(20-4)8-17-21-18(24-22-17)16-9-12(2)23(13(16)3)15-7-5-6-14(19)10-15;/h5-7,9-11,20H,8H2,1-4H3;1H. The fraction of sp³-hybridized carbons (Fsp3) is 0.333. The second-order valence-electron chi connectivity index (χ2n) is 6.01. The molecule has 0 aliphatic heterocycles. The Bertz CT molecular complexity index is 859. The Morgan fingerprint density at radius 2 is 2.04 bits per heavy atom. The van der Waals surface area contributed by atoms with Crippen molar-refractivity contribution in [1.82, 2.24) is 20.0 Å². The monoisotopic (exact) mass is 424 g/mol. The van der Waals surface area contributed by atoms with E-state index in [9.17, 15) is 0 Å². The fourth-order valence-electron chi connectivity index (χ4n) is 2.81. The number of hydrogen-bond donors (Lipinski definition) is 1. The summed E-state index contributed by atoms with van der Waals surface area (Å²) in [5.41, 5.74) is 4.30. The highest BCUT2D eigenvalue weighted by Gasteiger charge is 2.18. The average Bonchev–Trinajstić information content (AvgIpc) is 3.11. The van der Waals surface area contributed by atoms with E-state index in [1.165, 1.54) is 0 Å². The Morgan fingerprint density at radius 1 is 1.28 bits per heavy atom. The minimum Gasteiger partial charge on any atom is -0.334 e. The lowest BCUT2D eigenvalue weighted by atomic mass is 10.2. The lowest BCUT2D eigenvalue weighted by Crippen LogP contribution is -2.24. The lowest BCUT2D eigenvalue weighted by molar-refractivity contribution is 0.418. The van der Waals surface area contributed by atoms with E-state index in [4.69, 9.17) is 4.52 Å². The molecule has 0 aliphatic rings. The molecule has 0 amide bonds. The third kappa shape index (κ3) is 4.14. The summed E-state index contributed by atoms with van der Waals surface area (Å²) in [6.45, 7) is 6.25. The van der Waals surface area contributed by atoms with Crippen LogP contribution in [0.25, 0.3) is 17.1 Å². The molecule has 25 heavy (non-hydrogen) atoms. The number of nitrogens with zero attached hydrogens (tertiary/aromatic N) is 3. The Balaban J connectivity index is 0.00000225. The van der Waals surface area contributed by atoms with Crippen LogP contribution in [0.1, 0.15) is 24.1 Å². The van der Waals surface area contributed by atoms with Crippen LogP contribution in [0.5, 0.6) is 0 Å². The van der Waals surface area contributed by atoms with E-state index in [-0.39, 0.29) is 12.4 Å². The SMILES string of the molecule is CNC(C)Cc1noc(-c2cc(C)n(-c3cccc(Br)c3)c2C)n1.Cl. The van der Waals surface area contributed by atoms with E-state index in [2.05, 4.69) is 74.9 Å². The van der Waals surface area contributed by atoms with Crippen LogP contribution in [0, 0.1) is 13.8 Å². The van der Waals surface area contributed by atoms with Crippen molar-refractivity contribution in [2.24, 2.45) is 0 Å². The van der Waals surface area contributed by atoms with Crippen LogP contribution in [0.2, 0.25) is 0 Å². The summed E-state index contributed by atoms with van der Waals surface area (Å²) in [5, 5.41) is 7.29. The zero-order valence-corrected chi connectivity index (χ0v) is 17.1. The highest BCUT2D eigenvalue weighted by atomic mass is 79.9. The first kappa shape index (κ1) is 19.7.